The third-order valence-corrected chi connectivity index (χ3v) is 6.68. The molecule has 2 saturated heterocycles. The molecule has 0 bridgehead atoms. The van der Waals surface area contributed by atoms with E-state index in [0.717, 1.165) is 4.90 Å². The molecule has 4 rings (SSSR count). The van der Waals surface area contributed by atoms with E-state index >= 15 is 0 Å². The molecule has 2 fully saturated rings. The van der Waals surface area contributed by atoms with Crippen LogP contribution in [0, 0.1) is 11.7 Å². The van der Waals surface area contributed by atoms with Crippen LogP contribution in [0.3, 0.4) is 0 Å². The molecule has 2 aliphatic heterocycles. The highest BCUT2D eigenvalue weighted by Crippen LogP contribution is 2.36. The number of aliphatic hydroxyl groups excluding tert-OH is 1. The lowest BCUT2D eigenvalue weighted by atomic mass is 9.97. The molecule has 0 radical (unpaired) electrons. The summed E-state index contributed by atoms with van der Waals surface area (Å²) in [7, 11) is 0. The van der Waals surface area contributed by atoms with Gasteiger partial charge in [0.05, 0.1) is 25.2 Å². The van der Waals surface area contributed by atoms with E-state index in [0.29, 0.717) is 11.1 Å². The summed E-state index contributed by atoms with van der Waals surface area (Å²) < 4.78 is 75.5. The first-order valence-corrected chi connectivity index (χ1v) is 11.9. The number of fused-ring (bicyclic) bond motifs is 1. The minimum atomic E-state index is -4.72. The molecule has 6 atom stereocenters. The number of likely N-dealkylation sites (tertiary alicyclic amines) is 1. The highest BCUT2D eigenvalue weighted by atomic mass is 19.4. The van der Waals surface area contributed by atoms with Gasteiger partial charge in [0.2, 0.25) is 5.91 Å². The number of amides is 1. The van der Waals surface area contributed by atoms with Gasteiger partial charge in [-0.1, -0.05) is 50.2 Å². The highest BCUT2D eigenvalue weighted by molar-refractivity contribution is 5.83. The lowest BCUT2D eigenvalue weighted by molar-refractivity contribution is -0.163. The summed E-state index contributed by atoms with van der Waals surface area (Å²) in [5.74, 6) is -1.25. The molecule has 2 N–H and O–H groups in total. The largest absolute Gasteiger partial charge is 0.407 e. The van der Waals surface area contributed by atoms with Crippen LogP contribution in [0.4, 0.5) is 22.0 Å². The quantitative estimate of drug-likeness (QED) is 0.540. The van der Waals surface area contributed by atoms with Crippen molar-refractivity contribution < 1.29 is 36.6 Å². The third kappa shape index (κ3) is 5.55. The van der Waals surface area contributed by atoms with Gasteiger partial charge in [-0.25, -0.2) is 8.78 Å². The summed E-state index contributed by atoms with van der Waals surface area (Å²) in [4.78, 5) is 14.5. The molecule has 1 amide bonds. The zero-order chi connectivity index (χ0) is 26.2. The number of carbonyl (C=O) groups is 1. The van der Waals surface area contributed by atoms with Gasteiger partial charge in [-0.3, -0.25) is 10.1 Å². The zero-order valence-corrected chi connectivity index (χ0v) is 19.9. The number of benzene rings is 2. The predicted octanol–water partition coefficient (Wildman–Crippen LogP) is 4.41. The van der Waals surface area contributed by atoms with E-state index in [1.54, 1.807) is 13.8 Å². The van der Waals surface area contributed by atoms with Gasteiger partial charge in [-0.15, -0.1) is 0 Å². The lowest BCUT2D eigenvalue weighted by Gasteiger charge is -2.33. The molecular formula is C26H29F5N2O3. The van der Waals surface area contributed by atoms with Gasteiger partial charge < -0.3 is 14.7 Å². The van der Waals surface area contributed by atoms with Crippen molar-refractivity contribution in [3.63, 3.8) is 0 Å². The number of carbonyl (C=O) groups excluding carboxylic acids is 1. The normalized spacial score (nSPS) is 25.8. The molecule has 2 aromatic carbocycles. The summed E-state index contributed by atoms with van der Waals surface area (Å²) in [6, 6.07) is 6.91. The second-order valence-corrected chi connectivity index (χ2v) is 9.81. The zero-order valence-electron chi connectivity index (χ0n) is 19.9. The second-order valence-electron chi connectivity index (χ2n) is 9.81. The van der Waals surface area contributed by atoms with Crippen LogP contribution in [0.15, 0.2) is 48.5 Å². The average molecular weight is 513 g/mol. The van der Waals surface area contributed by atoms with E-state index in [-0.39, 0.29) is 31.1 Å². The van der Waals surface area contributed by atoms with Crippen molar-refractivity contribution in [2.75, 3.05) is 13.2 Å². The molecule has 196 valence electrons. The molecule has 2 aliphatic rings. The summed E-state index contributed by atoms with van der Waals surface area (Å²) >= 11 is 0. The molecular weight excluding hydrogens is 483 g/mol. The number of hydrogen-bond acceptors (Lipinski definition) is 4. The Morgan fingerprint density at radius 2 is 1.69 bits per heavy atom. The molecule has 0 aromatic heterocycles. The smallest absolute Gasteiger partial charge is 0.388 e. The van der Waals surface area contributed by atoms with Gasteiger partial charge in [0.15, 0.2) is 0 Å². The van der Waals surface area contributed by atoms with Gasteiger partial charge in [0, 0.05) is 0 Å². The number of alkyl halides is 4. The molecule has 0 aliphatic carbocycles. The van der Waals surface area contributed by atoms with Gasteiger partial charge in [-0.05, 0) is 41.2 Å². The SMILES string of the molecule is CC(C)C[C@H](N[C@@H](c1ccc(-c2ccc(F)cc2)cc1)C(F)(F)F)C(=O)N1C[C@H](F)[C@H]2OC[C@H](O)[C@H]21. The Morgan fingerprint density at radius 3 is 2.25 bits per heavy atom. The summed E-state index contributed by atoms with van der Waals surface area (Å²) in [6.45, 7) is 3.08. The first kappa shape index (κ1) is 26.5. The molecule has 0 saturated carbocycles. The molecule has 36 heavy (non-hydrogen) atoms. The van der Waals surface area contributed by atoms with E-state index in [1.807, 2.05) is 0 Å². The monoisotopic (exact) mass is 512 g/mol. The number of nitrogens with one attached hydrogen (secondary N) is 1. The van der Waals surface area contributed by atoms with Crippen LogP contribution in [-0.2, 0) is 9.53 Å². The molecule has 0 unspecified atom stereocenters. The van der Waals surface area contributed by atoms with E-state index in [2.05, 4.69) is 5.32 Å². The van der Waals surface area contributed by atoms with E-state index in [4.69, 9.17) is 4.74 Å². The number of halogens is 5. The maximum absolute atomic E-state index is 14.5. The Labute approximate surface area is 206 Å². The fourth-order valence-electron chi connectivity index (χ4n) is 4.98. The lowest BCUT2D eigenvalue weighted by Crippen LogP contribution is -2.54. The Kier molecular flexibility index (Phi) is 7.68. The van der Waals surface area contributed by atoms with Crippen LogP contribution in [0.5, 0.6) is 0 Å². The van der Waals surface area contributed by atoms with Crippen molar-refractivity contribution >= 4 is 5.91 Å². The third-order valence-electron chi connectivity index (χ3n) is 6.68. The molecule has 2 aromatic rings. The second kappa shape index (κ2) is 10.4. The van der Waals surface area contributed by atoms with Crippen molar-refractivity contribution in [3.05, 3.63) is 59.9 Å². The van der Waals surface area contributed by atoms with Crippen molar-refractivity contribution in [2.45, 2.75) is 62.9 Å². The Balaban J connectivity index is 1.59. The summed E-state index contributed by atoms with van der Waals surface area (Å²) in [6.07, 6.45) is -8.24. The van der Waals surface area contributed by atoms with E-state index < -0.39 is 54.4 Å². The summed E-state index contributed by atoms with van der Waals surface area (Å²) in [5.41, 5.74) is 1.16. The van der Waals surface area contributed by atoms with Crippen molar-refractivity contribution in [2.24, 2.45) is 5.92 Å². The van der Waals surface area contributed by atoms with Crippen molar-refractivity contribution in [1.29, 1.82) is 0 Å². The van der Waals surface area contributed by atoms with Gasteiger partial charge in [-0.2, -0.15) is 13.2 Å². The minimum absolute atomic E-state index is 0.0842. The first-order valence-electron chi connectivity index (χ1n) is 11.9. The molecule has 2 heterocycles. The van der Waals surface area contributed by atoms with Crippen molar-refractivity contribution in [3.8, 4) is 11.1 Å². The fourth-order valence-corrected chi connectivity index (χ4v) is 4.98. The van der Waals surface area contributed by atoms with Crippen molar-refractivity contribution in [1.82, 2.24) is 10.2 Å². The standard InChI is InChI=1S/C26H29F5N2O3/c1-14(2)11-20(25(35)33-12-19(28)23-22(33)21(34)13-36-23)32-24(26(29,30)31)17-5-3-15(4-6-17)16-7-9-18(27)10-8-16/h3-10,14,19-24,32,34H,11-13H2,1-2H3/t19-,20-,21-,22+,23+,24-/m0/s1. The number of aliphatic hydroxyl groups is 1. The maximum Gasteiger partial charge on any atom is 0.407 e. The number of hydrogen-bond donors (Lipinski definition) is 2. The Hall–Kier alpha value is -2.56. The first-order chi connectivity index (χ1) is 17.0. The van der Waals surface area contributed by atoms with Crippen LogP contribution < -0.4 is 5.32 Å². The van der Waals surface area contributed by atoms with E-state index in [9.17, 15) is 31.9 Å². The summed E-state index contributed by atoms with van der Waals surface area (Å²) in [5, 5.41) is 12.7. The number of nitrogens with zero attached hydrogens (tertiary/aromatic N) is 1. The molecule has 10 heteroatoms. The predicted molar refractivity (Wildman–Crippen MR) is 123 cm³/mol. The fraction of sp³-hybridized carbons (Fsp3) is 0.500. The molecule has 5 nitrogen and oxygen atoms in total. The van der Waals surface area contributed by atoms with Crippen LogP contribution in [-0.4, -0.2) is 65.7 Å². The highest BCUT2D eigenvalue weighted by Gasteiger charge is 2.54. The van der Waals surface area contributed by atoms with Gasteiger partial charge >= 0.3 is 6.18 Å². The Bertz CT molecular complexity index is 1050. The number of rotatable bonds is 7. The number of ether oxygens (including phenoxy) is 1. The van der Waals surface area contributed by atoms with E-state index in [1.165, 1.54) is 48.5 Å². The van der Waals surface area contributed by atoms with Gasteiger partial charge in [0.1, 0.15) is 30.2 Å². The maximum atomic E-state index is 14.5. The van der Waals surface area contributed by atoms with Crippen LogP contribution in [0.1, 0.15) is 31.9 Å². The average Bonchev–Trinajstić information content (AvgIpc) is 3.36. The van der Waals surface area contributed by atoms with Gasteiger partial charge in [0.25, 0.3) is 0 Å². The van der Waals surface area contributed by atoms with Crippen LogP contribution >= 0.6 is 0 Å². The topological polar surface area (TPSA) is 61.8 Å². The van der Waals surface area contributed by atoms with Crippen LogP contribution in [0.25, 0.3) is 11.1 Å². The Morgan fingerprint density at radius 1 is 1.11 bits per heavy atom. The molecule has 0 spiro atoms. The minimum Gasteiger partial charge on any atom is -0.388 e. The van der Waals surface area contributed by atoms with Crippen LogP contribution in [0.2, 0.25) is 0 Å².